The molecule has 90 valence electrons. The summed E-state index contributed by atoms with van der Waals surface area (Å²) in [5, 5.41) is 4.49. The highest BCUT2D eigenvalue weighted by Gasteiger charge is 2.10. The summed E-state index contributed by atoms with van der Waals surface area (Å²) in [4.78, 5) is 0. The topological polar surface area (TPSA) is 21.3 Å². The minimum absolute atomic E-state index is 0.121. The van der Waals surface area contributed by atoms with Gasteiger partial charge in [0.05, 0.1) is 5.02 Å². The summed E-state index contributed by atoms with van der Waals surface area (Å²) in [5.41, 5.74) is 0. The van der Waals surface area contributed by atoms with E-state index in [0.29, 0.717) is 15.8 Å². The lowest BCUT2D eigenvalue weighted by atomic mass is 10.2. The van der Waals surface area contributed by atoms with E-state index in [9.17, 15) is 0 Å². The predicted octanol–water partition coefficient (Wildman–Crippen LogP) is 3.76. The molecule has 0 fully saturated rings. The van der Waals surface area contributed by atoms with Gasteiger partial charge in [0.25, 0.3) is 0 Å². The number of nitrogens with one attached hydrogen (secondary N) is 1. The van der Waals surface area contributed by atoms with E-state index in [2.05, 4.69) is 19.2 Å². The summed E-state index contributed by atoms with van der Waals surface area (Å²) in [5.74, 6) is 0.652. The van der Waals surface area contributed by atoms with E-state index in [-0.39, 0.29) is 6.10 Å². The van der Waals surface area contributed by atoms with Crippen LogP contribution in [-0.4, -0.2) is 19.2 Å². The van der Waals surface area contributed by atoms with Crippen LogP contribution in [0.4, 0.5) is 0 Å². The fourth-order valence-electron chi connectivity index (χ4n) is 1.32. The first-order valence-corrected chi connectivity index (χ1v) is 6.25. The van der Waals surface area contributed by atoms with Crippen LogP contribution in [0.25, 0.3) is 0 Å². The molecule has 0 saturated carbocycles. The van der Waals surface area contributed by atoms with Gasteiger partial charge in [-0.1, -0.05) is 37.0 Å². The van der Waals surface area contributed by atoms with Crippen molar-refractivity contribution >= 4 is 23.2 Å². The van der Waals surface area contributed by atoms with Crippen molar-refractivity contribution in [1.29, 1.82) is 0 Å². The Bertz CT molecular complexity index is 331. The molecular formula is C12H17Cl2NO. The standard InChI is InChI=1S/C12H17Cl2NO/c1-3-10(8-15-4-2)16-12-7-9(13)5-6-11(12)14/h5-7,10,15H,3-4,8H2,1-2H3. The monoisotopic (exact) mass is 261 g/mol. The zero-order valence-corrected chi connectivity index (χ0v) is 11.1. The molecule has 0 aromatic heterocycles. The summed E-state index contributed by atoms with van der Waals surface area (Å²) < 4.78 is 5.80. The molecule has 0 radical (unpaired) electrons. The van der Waals surface area contributed by atoms with Gasteiger partial charge in [-0.2, -0.15) is 0 Å². The molecule has 0 aliphatic heterocycles. The van der Waals surface area contributed by atoms with Gasteiger partial charge in [0, 0.05) is 17.6 Å². The molecule has 1 aromatic rings. The van der Waals surface area contributed by atoms with Crippen molar-refractivity contribution in [3.05, 3.63) is 28.2 Å². The molecule has 1 rings (SSSR count). The highest BCUT2D eigenvalue weighted by molar-refractivity contribution is 6.34. The first-order valence-electron chi connectivity index (χ1n) is 5.49. The summed E-state index contributed by atoms with van der Waals surface area (Å²) in [6, 6.07) is 5.25. The molecule has 0 saturated heterocycles. The van der Waals surface area contributed by atoms with Crippen molar-refractivity contribution in [3.8, 4) is 5.75 Å². The van der Waals surface area contributed by atoms with E-state index in [1.165, 1.54) is 0 Å². The Morgan fingerprint density at radius 3 is 2.69 bits per heavy atom. The van der Waals surface area contributed by atoms with Crippen molar-refractivity contribution < 1.29 is 4.74 Å². The second kappa shape index (κ2) is 7.00. The maximum Gasteiger partial charge on any atom is 0.139 e. The number of hydrogen-bond donors (Lipinski definition) is 1. The van der Waals surface area contributed by atoms with E-state index in [4.69, 9.17) is 27.9 Å². The van der Waals surface area contributed by atoms with E-state index in [0.717, 1.165) is 19.5 Å². The quantitative estimate of drug-likeness (QED) is 0.842. The molecule has 0 heterocycles. The second-order valence-corrected chi connectivity index (χ2v) is 4.37. The first-order chi connectivity index (χ1) is 7.67. The molecule has 0 bridgehead atoms. The summed E-state index contributed by atoms with van der Waals surface area (Å²) in [6.45, 7) is 5.90. The normalized spacial score (nSPS) is 12.5. The summed E-state index contributed by atoms with van der Waals surface area (Å²) in [6.07, 6.45) is 1.05. The van der Waals surface area contributed by atoms with Crippen LogP contribution >= 0.6 is 23.2 Å². The van der Waals surface area contributed by atoms with Crippen LogP contribution in [0.5, 0.6) is 5.75 Å². The van der Waals surface area contributed by atoms with Crippen molar-refractivity contribution in [2.45, 2.75) is 26.4 Å². The highest BCUT2D eigenvalue weighted by atomic mass is 35.5. The first kappa shape index (κ1) is 13.6. The van der Waals surface area contributed by atoms with Gasteiger partial charge >= 0.3 is 0 Å². The van der Waals surface area contributed by atoms with Crippen LogP contribution in [0.1, 0.15) is 20.3 Å². The van der Waals surface area contributed by atoms with E-state index >= 15 is 0 Å². The molecule has 0 aliphatic rings. The van der Waals surface area contributed by atoms with Crippen LogP contribution in [0.15, 0.2) is 18.2 Å². The average molecular weight is 262 g/mol. The SMILES string of the molecule is CCNCC(CC)Oc1cc(Cl)ccc1Cl. The van der Waals surface area contributed by atoms with Gasteiger partial charge in [0.2, 0.25) is 0 Å². The van der Waals surface area contributed by atoms with E-state index < -0.39 is 0 Å². The number of ether oxygens (including phenoxy) is 1. The highest BCUT2D eigenvalue weighted by Crippen LogP contribution is 2.28. The van der Waals surface area contributed by atoms with Gasteiger partial charge in [-0.05, 0) is 25.1 Å². The van der Waals surface area contributed by atoms with Gasteiger partial charge in [-0.15, -0.1) is 0 Å². The number of likely N-dealkylation sites (N-methyl/N-ethyl adjacent to an activating group) is 1. The maximum absolute atomic E-state index is 6.03. The number of benzene rings is 1. The second-order valence-electron chi connectivity index (χ2n) is 3.53. The molecule has 1 atom stereocenters. The van der Waals surface area contributed by atoms with Crippen LogP contribution in [0.2, 0.25) is 10.0 Å². The van der Waals surface area contributed by atoms with Crippen LogP contribution < -0.4 is 10.1 Å². The average Bonchev–Trinajstić information content (AvgIpc) is 2.28. The summed E-state index contributed by atoms with van der Waals surface area (Å²) >= 11 is 11.9. The fourth-order valence-corrected chi connectivity index (χ4v) is 1.65. The third-order valence-electron chi connectivity index (χ3n) is 2.26. The molecule has 2 nitrogen and oxygen atoms in total. The number of halogens is 2. The summed E-state index contributed by atoms with van der Waals surface area (Å²) in [7, 11) is 0. The van der Waals surface area contributed by atoms with Gasteiger partial charge in [-0.3, -0.25) is 0 Å². The molecule has 1 aromatic carbocycles. The molecule has 0 aliphatic carbocycles. The smallest absolute Gasteiger partial charge is 0.139 e. The van der Waals surface area contributed by atoms with Crippen molar-refractivity contribution in [1.82, 2.24) is 5.32 Å². The molecule has 0 spiro atoms. The van der Waals surface area contributed by atoms with Gasteiger partial charge in [-0.25, -0.2) is 0 Å². The molecule has 4 heteroatoms. The molecular weight excluding hydrogens is 245 g/mol. The molecule has 1 N–H and O–H groups in total. The maximum atomic E-state index is 6.03. The Morgan fingerprint density at radius 1 is 1.31 bits per heavy atom. The van der Waals surface area contributed by atoms with Gasteiger partial charge in [0.15, 0.2) is 0 Å². The molecule has 16 heavy (non-hydrogen) atoms. The van der Waals surface area contributed by atoms with Crippen molar-refractivity contribution in [2.24, 2.45) is 0 Å². The third kappa shape index (κ3) is 4.20. The van der Waals surface area contributed by atoms with Gasteiger partial charge in [0.1, 0.15) is 11.9 Å². The van der Waals surface area contributed by atoms with Gasteiger partial charge < -0.3 is 10.1 Å². The van der Waals surface area contributed by atoms with Crippen molar-refractivity contribution in [3.63, 3.8) is 0 Å². The number of rotatable bonds is 6. The minimum Gasteiger partial charge on any atom is -0.488 e. The Hall–Kier alpha value is -0.440. The lowest BCUT2D eigenvalue weighted by molar-refractivity contribution is 0.194. The van der Waals surface area contributed by atoms with E-state index in [1.54, 1.807) is 18.2 Å². The Balaban J connectivity index is 2.65. The predicted molar refractivity (Wildman–Crippen MR) is 69.7 cm³/mol. The molecule has 0 amide bonds. The van der Waals surface area contributed by atoms with E-state index in [1.807, 2.05) is 0 Å². The zero-order chi connectivity index (χ0) is 12.0. The lowest BCUT2D eigenvalue weighted by Gasteiger charge is -2.18. The molecule has 1 unspecified atom stereocenters. The van der Waals surface area contributed by atoms with Crippen molar-refractivity contribution in [2.75, 3.05) is 13.1 Å². The fraction of sp³-hybridized carbons (Fsp3) is 0.500. The third-order valence-corrected chi connectivity index (χ3v) is 2.81. The van der Waals surface area contributed by atoms with Crippen LogP contribution in [-0.2, 0) is 0 Å². The van der Waals surface area contributed by atoms with Crippen LogP contribution in [0.3, 0.4) is 0 Å². The Morgan fingerprint density at radius 2 is 2.06 bits per heavy atom. The minimum atomic E-state index is 0.121. The Kier molecular flexibility index (Phi) is 5.96. The largest absolute Gasteiger partial charge is 0.488 e. The Labute approximate surface area is 107 Å². The lowest BCUT2D eigenvalue weighted by Crippen LogP contribution is -2.30. The zero-order valence-electron chi connectivity index (χ0n) is 9.59. The van der Waals surface area contributed by atoms with Crippen LogP contribution in [0, 0.1) is 0 Å². The number of hydrogen-bond acceptors (Lipinski definition) is 2.